The van der Waals surface area contributed by atoms with Gasteiger partial charge >= 0.3 is 0 Å². The van der Waals surface area contributed by atoms with Crippen LogP contribution in [0.1, 0.15) is 29.7 Å². The first-order valence-electron chi connectivity index (χ1n) is 4.44. The van der Waals surface area contributed by atoms with Gasteiger partial charge in [0.25, 0.3) is 5.91 Å². The second-order valence-electron chi connectivity index (χ2n) is 2.97. The number of hydrogen-bond donors (Lipinski definition) is 1. The number of furan rings is 1. The topological polar surface area (TPSA) is 66.0 Å². The third-order valence-electron chi connectivity index (χ3n) is 1.83. The van der Waals surface area contributed by atoms with Crippen molar-refractivity contribution in [3.05, 3.63) is 23.7 Å². The molecule has 4 heteroatoms. The van der Waals surface area contributed by atoms with E-state index in [0.717, 1.165) is 0 Å². The number of aryl methyl sites for hydroxylation is 1. The Labute approximate surface area is 82.5 Å². The van der Waals surface area contributed by atoms with Gasteiger partial charge in [0.1, 0.15) is 11.8 Å². The van der Waals surface area contributed by atoms with E-state index in [1.807, 2.05) is 13.0 Å². The van der Waals surface area contributed by atoms with Gasteiger partial charge in [-0.3, -0.25) is 4.79 Å². The van der Waals surface area contributed by atoms with Gasteiger partial charge in [0.2, 0.25) is 0 Å². The molecule has 1 aromatic rings. The lowest BCUT2D eigenvalue weighted by atomic mass is 10.2. The standard InChI is InChI=1S/C10H12N2O2/c1-3-8(6-11)12-10(13)9-5-4-7(2)14-9/h4-5,8H,3H2,1-2H3,(H,12,13). The van der Waals surface area contributed by atoms with E-state index in [4.69, 9.17) is 9.68 Å². The smallest absolute Gasteiger partial charge is 0.288 e. The molecular formula is C10H12N2O2. The zero-order chi connectivity index (χ0) is 10.6. The highest BCUT2D eigenvalue weighted by Crippen LogP contribution is 2.06. The minimum atomic E-state index is -0.451. The Kier molecular flexibility index (Phi) is 3.29. The first-order chi connectivity index (χ1) is 6.67. The fourth-order valence-corrected chi connectivity index (χ4v) is 1.01. The van der Waals surface area contributed by atoms with Crippen molar-refractivity contribution in [3.63, 3.8) is 0 Å². The fourth-order valence-electron chi connectivity index (χ4n) is 1.01. The Hall–Kier alpha value is -1.76. The summed E-state index contributed by atoms with van der Waals surface area (Å²) in [5.41, 5.74) is 0. The summed E-state index contributed by atoms with van der Waals surface area (Å²) in [5.74, 6) is 0.586. The van der Waals surface area contributed by atoms with E-state index >= 15 is 0 Å². The molecule has 4 nitrogen and oxygen atoms in total. The lowest BCUT2D eigenvalue weighted by molar-refractivity contribution is 0.0915. The molecule has 1 aromatic heterocycles. The molecule has 1 N–H and O–H groups in total. The maximum atomic E-state index is 11.4. The molecule has 1 rings (SSSR count). The summed E-state index contributed by atoms with van der Waals surface area (Å²) in [5, 5.41) is 11.2. The molecule has 0 spiro atoms. The van der Waals surface area contributed by atoms with E-state index in [2.05, 4.69) is 5.32 Å². The number of carbonyl (C=O) groups excluding carboxylic acids is 1. The normalized spacial score (nSPS) is 11.8. The summed E-state index contributed by atoms with van der Waals surface area (Å²) >= 11 is 0. The van der Waals surface area contributed by atoms with Crippen LogP contribution >= 0.6 is 0 Å². The van der Waals surface area contributed by atoms with Crippen molar-refractivity contribution >= 4 is 5.91 Å². The zero-order valence-electron chi connectivity index (χ0n) is 8.20. The Morgan fingerprint density at radius 3 is 2.86 bits per heavy atom. The van der Waals surface area contributed by atoms with Crippen LogP contribution in [0.25, 0.3) is 0 Å². The van der Waals surface area contributed by atoms with Crippen molar-refractivity contribution in [2.45, 2.75) is 26.3 Å². The average molecular weight is 192 g/mol. The van der Waals surface area contributed by atoms with E-state index in [1.165, 1.54) is 0 Å². The van der Waals surface area contributed by atoms with Crippen molar-refractivity contribution in [2.24, 2.45) is 0 Å². The third-order valence-corrected chi connectivity index (χ3v) is 1.83. The molecule has 1 amide bonds. The van der Waals surface area contributed by atoms with Crippen molar-refractivity contribution in [1.82, 2.24) is 5.32 Å². The van der Waals surface area contributed by atoms with Crippen LogP contribution in [-0.2, 0) is 0 Å². The van der Waals surface area contributed by atoms with E-state index in [0.29, 0.717) is 12.2 Å². The van der Waals surface area contributed by atoms with Crippen LogP contribution in [0.4, 0.5) is 0 Å². The lowest BCUT2D eigenvalue weighted by Gasteiger charge is -2.06. The summed E-state index contributed by atoms with van der Waals surface area (Å²) in [4.78, 5) is 11.4. The van der Waals surface area contributed by atoms with Crippen LogP contribution in [0, 0.1) is 18.3 Å². The van der Waals surface area contributed by atoms with Crippen LogP contribution in [0.2, 0.25) is 0 Å². The molecule has 1 unspecified atom stereocenters. The quantitative estimate of drug-likeness (QED) is 0.791. The summed E-state index contributed by atoms with van der Waals surface area (Å²) in [6, 6.07) is 4.84. The van der Waals surface area contributed by atoms with E-state index in [-0.39, 0.29) is 11.7 Å². The monoisotopic (exact) mass is 192 g/mol. The SMILES string of the molecule is CCC(C#N)NC(=O)c1ccc(C)o1. The van der Waals surface area contributed by atoms with Crippen molar-refractivity contribution in [2.75, 3.05) is 0 Å². The number of nitrogens with zero attached hydrogens (tertiary/aromatic N) is 1. The molecule has 14 heavy (non-hydrogen) atoms. The highest BCUT2D eigenvalue weighted by Gasteiger charge is 2.13. The second-order valence-corrected chi connectivity index (χ2v) is 2.97. The minimum Gasteiger partial charge on any atom is -0.456 e. The molecule has 0 aliphatic rings. The third kappa shape index (κ3) is 2.36. The Balaban J connectivity index is 2.64. The molecule has 0 bridgehead atoms. The van der Waals surface area contributed by atoms with Gasteiger partial charge in [0.05, 0.1) is 6.07 Å². The van der Waals surface area contributed by atoms with Crippen LogP contribution in [0.15, 0.2) is 16.5 Å². The minimum absolute atomic E-state index is 0.246. The Morgan fingerprint density at radius 2 is 2.43 bits per heavy atom. The molecular weight excluding hydrogens is 180 g/mol. The average Bonchev–Trinajstić information content (AvgIpc) is 2.61. The summed E-state index contributed by atoms with van der Waals surface area (Å²) in [6.07, 6.45) is 0.585. The lowest BCUT2D eigenvalue weighted by Crippen LogP contribution is -2.32. The number of hydrogen-bond acceptors (Lipinski definition) is 3. The number of rotatable bonds is 3. The van der Waals surface area contributed by atoms with Crippen molar-refractivity contribution < 1.29 is 9.21 Å². The number of amides is 1. The molecule has 0 aliphatic heterocycles. The van der Waals surface area contributed by atoms with Gasteiger partial charge in [0.15, 0.2) is 5.76 Å². The van der Waals surface area contributed by atoms with Gasteiger partial charge in [0, 0.05) is 0 Å². The molecule has 0 radical (unpaired) electrons. The van der Waals surface area contributed by atoms with Crippen LogP contribution in [0.3, 0.4) is 0 Å². The number of carbonyl (C=O) groups is 1. The molecule has 0 saturated carbocycles. The molecule has 0 saturated heterocycles. The molecule has 74 valence electrons. The maximum absolute atomic E-state index is 11.4. The maximum Gasteiger partial charge on any atom is 0.288 e. The molecule has 0 aliphatic carbocycles. The van der Waals surface area contributed by atoms with Crippen molar-refractivity contribution in [3.8, 4) is 6.07 Å². The van der Waals surface area contributed by atoms with Crippen LogP contribution < -0.4 is 5.32 Å². The van der Waals surface area contributed by atoms with Crippen LogP contribution in [0.5, 0.6) is 0 Å². The number of nitriles is 1. The largest absolute Gasteiger partial charge is 0.456 e. The van der Waals surface area contributed by atoms with Gasteiger partial charge in [-0.15, -0.1) is 0 Å². The summed E-state index contributed by atoms with van der Waals surface area (Å²) in [6.45, 7) is 3.60. The van der Waals surface area contributed by atoms with Crippen molar-refractivity contribution in [1.29, 1.82) is 5.26 Å². The predicted molar refractivity (Wildman–Crippen MR) is 50.6 cm³/mol. The first kappa shape index (κ1) is 10.3. The summed E-state index contributed by atoms with van der Waals surface area (Å²) < 4.78 is 5.11. The fraction of sp³-hybridized carbons (Fsp3) is 0.400. The highest BCUT2D eigenvalue weighted by molar-refractivity contribution is 5.91. The Bertz CT molecular complexity index is 362. The molecule has 0 fully saturated rings. The van der Waals surface area contributed by atoms with Gasteiger partial charge in [-0.2, -0.15) is 5.26 Å². The second kappa shape index (κ2) is 4.47. The van der Waals surface area contributed by atoms with Gasteiger partial charge in [-0.25, -0.2) is 0 Å². The predicted octanol–water partition coefficient (Wildman–Crippen LogP) is 1.62. The molecule has 1 heterocycles. The Morgan fingerprint density at radius 1 is 1.71 bits per heavy atom. The first-order valence-corrected chi connectivity index (χ1v) is 4.44. The number of nitrogens with one attached hydrogen (secondary N) is 1. The highest BCUT2D eigenvalue weighted by atomic mass is 16.3. The molecule has 1 atom stereocenters. The van der Waals surface area contributed by atoms with Gasteiger partial charge < -0.3 is 9.73 Å². The summed E-state index contributed by atoms with van der Waals surface area (Å²) in [7, 11) is 0. The van der Waals surface area contributed by atoms with Crippen LogP contribution in [-0.4, -0.2) is 11.9 Å². The van der Waals surface area contributed by atoms with Gasteiger partial charge in [-0.05, 0) is 25.5 Å². The van der Waals surface area contributed by atoms with Gasteiger partial charge in [-0.1, -0.05) is 6.92 Å². The van der Waals surface area contributed by atoms with E-state index < -0.39 is 6.04 Å². The van der Waals surface area contributed by atoms with E-state index in [1.54, 1.807) is 19.1 Å². The molecule has 0 aromatic carbocycles. The van der Waals surface area contributed by atoms with E-state index in [9.17, 15) is 4.79 Å². The zero-order valence-corrected chi connectivity index (χ0v) is 8.20.